The Hall–Kier alpha value is -2.46. The number of hydrogen-bond donors (Lipinski definition) is 0. The summed E-state index contributed by atoms with van der Waals surface area (Å²) in [5.41, 5.74) is 5.18. The highest BCUT2D eigenvalue weighted by molar-refractivity contribution is 7.16. The second kappa shape index (κ2) is 4.58. The molecule has 96 valence electrons. The molecule has 4 aromatic rings. The van der Waals surface area contributed by atoms with Gasteiger partial charge in [-0.25, -0.2) is 9.97 Å². The molecule has 4 heteroatoms. The van der Waals surface area contributed by atoms with Gasteiger partial charge in [0.2, 0.25) is 0 Å². The van der Waals surface area contributed by atoms with Gasteiger partial charge in [0.15, 0.2) is 0 Å². The highest BCUT2D eigenvalue weighted by Crippen LogP contribution is 2.25. The molecule has 0 amide bonds. The third kappa shape index (κ3) is 1.90. The third-order valence-electron chi connectivity index (χ3n) is 3.28. The van der Waals surface area contributed by atoms with E-state index >= 15 is 0 Å². The smallest absolute Gasteiger partial charge is 0.136 e. The van der Waals surface area contributed by atoms with Crippen LogP contribution in [0.4, 0.5) is 0 Å². The molecule has 0 N–H and O–H groups in total. The fourth-order valence-electron chi connectivity index (χ4n) is 2.23. The second-order valence-corrected chi connectivity index (χ2v) is 5.42. The average molecular weight is 277 g/mol. The quantitative estimate of drug-likeness (QED) is 0.551. The zero-order chi connectivity index (χ0) is 13.4. The van der Waals surface area contributed by atoms with Gasteiger partial charge in [0.25, 0.3) is 0 Å². The van der Waals surface area contributed by atoms with Crippen LogP contribution in [0.15, 0.2) is 66.6 Å². The molecule has 0 radical (unpaired) electrons. The SMILES string of the molecule is c1ccn(-c2ccc(-c3ccc4scnc4c3)cn2)c1. The molecule has 4 rings (SSSR count). The summed E-state index contributed by atoms with van der Waals surface area (Å²) in [6.45, 7) is 0. The van der Waals surface area contributed by atoms with Gasteiger partial charge < -0.3 is 4.57 Å². The molecule has 20 heavy (non-hydrogen) atoms. The number of aromatic nitrogens is 3. The van der Waals surface area contributed by atoms with E-state index in [1.54, 1.807) is 11.3 Å². The Bertz CT molecular complexity index is 845. The van der Waals surface area contributed by atoms with Crippen LogP contribution in [0.1, 0.15) is 0 Å². The molecule has 3 heterocycles. The highest BCUT2D eigenvalue weighted by atomic mass is 32.1. The lowest BCUT2D eigenvalue weighted by molar-refractivity contribution is 1.01. The maximum atomic E-state index is 4.51. The predicted octanol–water partition coefficient (Wildman–Crippen LogP) is 4.15. The van der Waals surface area contributed by atoms with E-state index in [9.17, 15) is 0 Å². The van der Waals surface area contributed by atoms with Crippen LogP contribution in [0.25, 0.3) is 27.2 Å². The normalized spacial score (nSPS) is 11.0. The molecule has 0 saturated carbocycles. The lowest BCUT2D eigenvalue weighted by Gasteiger charge is -2.04. The summed E-state index contributed by atoms with van der Waals surface area (Å²) >= 11 is 1.66. The van der Waals surface area contributed by atoms with Gasteiger partial charge in [0, 0.05) is 24.2 Å². The summed E-state index contributed by atoms with van der Waals surface area (Å²) in [7, 11) is 0. The summed E-state index contributed by atoms with van der Waals surface area (Å²) in [4.78, 5) is 8.87. The molecular formula is C16H11N3S. The largest absolute Gasteiger partial charge is 0.309 e. The van der Waals surface area contributed by atoms with Crippen molar-refractivity contribution in [3.05, 3.63) is 66.6 Å². The van der Waals surface area contributed by atoms with Crippen molar-refractivity contribution in [2.24, 2.45) is 0 Å². The van der Waals surface area contributed by atoms with Crippen LogP contribution in [0.2, 0.25) is 0 Å². The molecule has 0 bridgehead atoms. The van der Waals surface area contributed by atoms with Crippen molar-refractivity contribution in [2.45, 2.75) is 0 Å². The van der Waals surface area contributed by atoms with Gasteiger partial charge in [-0.1, -0.05) is 6.07 Å². The Morgan fingerprint density at radius 1 is 0.900 bits per heavy atom. The number of rotatable bonds is 2. The maximum absolute atomic E-state index is 4.51. The molecule has 3 nitrogen and oxygen atoms in total. The summed E-state index contributed by atoms with van der Waals surface area (Å²) in [6.07, 6.45) is 5.88. The fraction of sp³-hybridized carbons (Fsp3) is 0. The molecule has 0 aliphatic heterocycles. The molecule has 0 spiro atoms. The van der Waals surface area contributed by atoms with Crippen LogP contribution in [-0.4, -0.2) is 14.5 Å². The molecular weight excluding hydrogens is 266 g/mol. The van der Waals surface area contributed by atoms with Gasteiger partial charge in [-0.15, -0.1) is 11.3 Å². The highest BCUT2D eigenvalue weighted by Gasteiger charge is 2.03. The first kappa shape index (κ1) is 11.4. The zero-order valence-electron chi connectivity index (χ0n) is 10.6. The van der Waals surface area contributed by atoms with Gasteiger partial charge >= 0.3 is 0 Å². The number of thiazole rings is 1. The standard InChI is InChI=1S/C16H11N3S/c1-2-8-19(7-1)16-6-4-13(10-17-16)12-3-5-15-14(9-12)18-11-20-15/h1-11H. The maximum Gasteiger partial charge on any atom is 0.136 e. The molecule has 0 fully saturated rings. The topological polar surface area (TPSA) is 30.7 Å². The molecule has 0 saturated heterocycles. The Kier molecular flexibility index (Phi) is 2.60. The summed E-state index contributed by atoms with van der Waals surface area (Å²) in [5, 5.41) is 0. The van der Waals surface area contributed by atoms with Gasteiger partial charge in [-0.2, -0.15) is 0 Å². The summed E-state index contributed by atoms with van der Waals surface area (Å²) in [6, 6.07) is 14.4. The van der Waals surface area contributed by atoms with Crippen molar-refractivity contribution in [3.63, 3.8) is 0 Å². The van der Waals surface area contributed by atoms with Crippen molar-refractivity contribution in [1.29, 1.82) is 0 Å². The summed E-state index contributed by atoms with van der Waals surface area (Å²) < 4.78 is 3.21. The van der Waals surface area contributed by atoms with Gasteiger partial charge in [-0.05, 0) is 42.0 Å². The Morgan fingerprint density at radius 3 is 2.55 bits per heavy atom. The van der Waals surface area contributed by atoms with Crippen LogP contribution >= 0.6 is 11.3 Å². The molecule has 3 aromatic heterocycles. The van der Waals surface area contributed by atoms with Gasteiger partial charge in [-0.3, -0.25) is 0 Å². The minimum Gasteiger partial charge on any atom is -0.309 e. The first-order valence-corrected chi connectivity index (χ1v) is 7.21. The number of fused-ring (bicyclic) bond motifs is 1. The van der Waals surface area contributed by atoms with E-state index in [-0.39, 0.29) is 0 Å². The first-order chi connectivity index (χ1) is 9.90. The van der Waals surface area contributed by atoms with E-state index in [0.717, 1.165) is 22.5 Å². The van der Waals surface area contributed by atoms with Gasteiger partial charge in [0.1, 0.15) is 5.82 Å². The molecule has 0 aliphatic rings. The average Bonchev–Trinajstić information content (AvgIpc) is 3.18. The van der Waals surface area contributed by atoms with Crippen molar-refractivity contribution in [2.75, 3.05) is 0 Å². The van der Waals surface area contributed by atoms with E-state index in [1.807, 2.05) is 46.9 Å². The van der Waals surface area contributed by atoms with Crippen LogP contribution < -0.4 is 0 Å². The Labute approximate surface area is 120 Å². The zero-order valence-corrected chi connectivity index (χ0v) is 11.4. The number of pyridine rings is 1. The monoisotopic (exact) mass is 277 g/mol. The Balaban J connectivity index is 1.74. The lowest BCUT2D eigenvalue weighted by atomic mass is 10.1. The molecule has 0 aliphatic carbocycles. The van der Waals surface area contributed by atoms with Crippen molar-refractivity contribution in [3.8, 4) is 16.9 Å². The van der Waals surface area contributed by atoms with Crippen LogP contribution in [0, 0.1) is 0 Å². The Morgan fingerprint density at radius 2 is 1.75 bits per heavy atom. The van der Waals surface area contributed by atoms with Crippen LogP contribution in [0.3, 0.4) is 0 Å². The molecule has 0 unspecified atom stereocenters. The van der Waals surface area contributed by atoms with Crippen LogP contribution in [-0.2, 0) is 0 Å². The summed E-state index contributed by atoms with van der Waals surface area (Å²) in [5.74, 6) is 0.925. The van der Waals surface area contributed by atoms with E-state index in [1.165, 1.54) is 4.70 Å². The van der Waals surface area contributed by atoms with Crippen molar-refractivity contribution < 1.29 is 0 Å². The predicted molar refractivity (Wildman–Crippen MR) is 82.2 cm³/mol. The molecule has 1 aromatic carbocycles. The van der Waals surface area contributed by atoms with Crippen molar-refractivity contribution >= 4 is 21.6 Å². The fourth-order valence-corrected chi connectivity index (χ4v) is 2.89. The lowest BCUT2D eigenvalue weighted by Crippen LogP contribution is -1.93. The van der Waals surface area contributed by atoms with Crippen LogP contribution in [0.5, 0.6) is 0 Å². The second-order valence-electron chi connectivity index (χ2n) is 4.53. The number of nitrogens with zero attached hydrogens (tertiary/aromatic N) is 3. The number of hydrogen-bond acceptors (Lipinski definition) is 3. The number of benzene rings is 1. The van der Waals surface area contributed by atoms with E-state index < -0.39 is 0 Å². The van der Waals surface area contributed by atoms with E-state index in [4.69, 9.17) is 0 Å². The minimum absolute atomic E-state index is 0.925. The van der Waals surface area contributed by atoms with E-state index in [2.05, 4.69) is 34.2 Å². The first-order valence-electron chi connectivity index (χ1n) is 6.33. The minimum atomic E-state index is 0.925. The third-order valence-corrected chi connectivity index (χ3v) is 4.09. The van der Waals surface area contributed by atoms with Crippen molar-refractivity contribution in [1.82, 2.24) is 14.5 Å². The molecule has 0 atom stereocenters. The van der Waals surface area contributed by atoms with Gasteiger partial charge in [0.05, 0.1) is 15.7 Å². The van der Waals surface area contributed by atoms with E-state index in [0.29, 0.717) is 0 Å².